The van der Waals surface area contributed by atoms with Gasteiger partial charge in [0.15, 0.2) is 0 Å². The average Bonchev–Trinajstić information content (AvgIpc) is 2.04. The Balaban J connectivity index is 2.52. The van der Waals surface area contributed by atoms with Gasteiger partial charge in [0.25, 0.3) is 10.1 Å². The van der Waals surface area contributed by atoms with Crippen molar-refractivity contribution in [3.8, 4) is 0 Å². The van der Waals surface area contributed by atoms with Crippen LogP contribution < -0.4 is 10.9 Å². The monoisotopic (exact) mass is 208 g/mol. The highest BCUT2D eigenvalue weighted by Crippen LogP contribution is 2.23. The summed E-state index contributed by atoms with van der Waals surface area (Å²) in [5.74, 6) is 0. The Bertz CT molecular complexity index is 250. The van der Waals surface area contributed by atoms with Gasteiger partial charge in [-0.25, -0.2) is 0 Å². The molecule has 0 aromatic carbocycles. The van der Waals surface area contributed by atoms with E-state index in [4.69, 9.17) is 4.55 Å². The first-order valence-electron chi connectivity index (χ1n) is 4.42. The van der Waals surface area contributed by atoms with Crippen LogP contribution in [-0.4, -0.2) is 31.3 Å². The molecule has 0 bridgehead atoms. The van der Waals surface area contributed by atoms with E-state index in [1.165, 1.54) is 0 Å². The third kappa shape index (κ3) is 3.22. The van der Waals surface area contributed by atoms with Crippen molar-refractivity contribution in [3.63, 3.8) is 0 Å². The van der Waals surface area contributed by atoms with Crippen LogP contribution in [0.1, 0.15) is 25.7 Å². The van der Waals surface area contributed by atoms with Gasteiger partial charge in [-0.15, -0.1) is 0 Å². The quantitative estimate of drug-likeness (QED) is 0.446. The van der Waals surface area contributed by atoms with Crippen molar-refractivity contribution in [1.29, 1.82) is 0 Å². The maximum Gasteiger partial charge on any atom is 0.267 e. The molecule has 1 saturated carbocycles. The molecule has 0 aromatic heterocycles. The Labute approximate surface area is 78.6 Å². The Kier molecular flexibility index (Phi) is 3.66. The van der Waals surface area contributed by atoms with Crippen LogP contribution in [-0.2, 0) is 10.1 Å². The van der Waals surface area contributed by atoms with Gasteiger partial charge in [-0.1, -0.05) is 6.42 Å². The molecule has 0 aliphatic heterocycles. The summed E-state index contributed by atoms with van der Waals surface area (Å²) < 4.78 is 30.5. The van der Waals surface area contributed by atoms with Crippen LogP contribution >= 0.6 is 0 Å². The average molecular weight is 208 g/mol. The van der Waals surface area contributed by atoms with E-state index < -0.39 is 15.4 Å². The number of hydrogen-bond donors (Lipinski definition) is 3. The van der Waals surface area contributed by atoms with Gasteiger partial charge in [0.1, 0.15) is 0 Å². The first kappa shape index (κ1) is 10.9. The summed E-state index contributed by atoms with van der Waals surface area (Å²) in [5, 5.41) is -0.591. The van der Waals surface area contributed by atoms with E-state index in [-0.39, 0.29) is 6.04 Å². The third-order valence-corrected chi connectivity index (χ3v) is 3.67. The number of nitrogens with one attached hydrogen (secondary N) is 2. The van der Waals surface area contributed by atoms with E-state index in [1.807, 2.05) is 0 Å². The minimum atomic E-state index is -3.84. The zero-order chi connectivity index (χ0) is 9.90. The molecule has 1 aliphatic carbocycles. The second kappa shape index (κ2) is 4.36. The zero-order valence-electron chi connectivity index (χ0n) is 7.66. The largest absolute Gasteiger partial charge is 0.285 e. The molecule has 1 fully saturated rings. The van der Waals surface area contributed by atoms with Crippen LogP contribution in [0.25, 0.3) is 0 Å². The molecule has 13 heavy (non-hydrogen) atoms. The number of hydrogen-bond acceptors (Lipinski definition) is 4. The summed E-state index contributed by atoms with van der Waals surface area (Å²) in [5.41, 5.74) is 5.74. The Hall–Kier alpha value is -0.170. The van der Waals surface area contributed by atoms with Crippen LogP contribution in [0.4, 0.5) is 0 Å². The van der Waals surface area contributed by atoms with Crippen LogP contribution in [0.3, 0.4) is 0 Å². The lowest BCUT2D eigenvalue weighted by molar-refractivity contribution is 0.335. The van der Waals surface area contributed by atoms with E-state index >= 15 is 0 Å². The van der Waals surface area contributed by atoms with Gasteiger partial charge in [0.05, 0.1) is 5.25 Å². The van der Waals surface area contributed by atoms with E-state index in [9.17, 15) is 8.42 Å². The predicted octanol–water partition coefficient (Wildman–Crippen LogP) is -0.0906. The predicted molar refractivity (Wildman–Crippen MR) is 49.8 cm³/mol. The first-order chi connectivity index (χ1) is 6.04. The zero-order valence-corrected chi connectivity index (χ0v) is 8.47. The lowest BCUT2D eigenvalue weighted by Gasteiger charge is -2.27. The van der Waals surface area contributed by atoms with Crippen molar-refractivity contribution < 1.29 is 13.0 Å². The van der Waals surface area contributed by atoms with Crippen molar-refractivity contribution in [1.82, 2.24) is 10.9 Å². The highest BCUT2D eigenvalue weighted by atomic mass is 32.2. The molecule has 0 spiro atoms. The summed E-state index contributed by atoms with van der Waals surface area (Å²) in [4.78, 5) is 0. The van der Waals surface area contributed by atoms with Crippen molar-refractivity contribution in [2.24, 2.45) is 0 Å². The van der Waals surface area contributed by atoms with E-state index in [2.05, 4.69) is 10.9 Å². The third-order valence-electron chi connectivity index (χ3n) is 2.40. The van der Waals surface area contributed by atoms with Crippen molar-refractivity contribution in [2.75, 3.05) is 7.05 Å². The van der Waals surface area contributed by atoms with Crippen molar-refractivity contribution in [2.45, 2.75) is 37.0 Å². The molecule has 5 nitrogen and oxygen atoms in total. The minimum Gasteiger partial charge on any atom is -0.285 e. The molecule has 0 aromatic rings. The van der Waals surface area contributed by atoms with Crippen molar-refractivity contribution >= 4 is 10.1 Å². The SMILES string of the molecule is CNNC1CCCC(S(=O)(=O)O)C1. The molecular weight excluding hydrogens is 192 g/mol. The second-order valence-corrected chi connectivity index (χ2v) is 5.09. The molecule has 0 saturated heterocycles. The standard InChI is InChI=1S/C7H16N2O3S/c1-8-9-6-3-2-4-7(5-6)13(10,11)12/h6-9H,2-5H2,1H3,(H,10,11,12). The Morgan fingerprint density at radius 2 is 2.08 bits per heavy atom. The lowest BCUT2D eigenvalue weighted by Crippen LogP contribution is -2.44. The summed E-state index contributed by atoms with van der Waals surface area (Å²) in [6, 6.07) is 0.144. The Morgan fingerprint density at radius 3 is 2.62 bits per heavy atom. The maximum atomic E-state index is 10.8. The molecule has 3 N–H and O–H groups in total. The van der Waals surface area contributed by atoms with Crippen LogP contribution in [0.5, 0.6) is 0 Å². The highest BCUT2D eigenvalue weighted by molar-refractivity contribution is 7.86. The first-order valence-corrected chi connectivity index (χ1v) is 5.93. The van der Waals surface area contributed by atoms with Gasteiger partial charge in [0.2, 0.25) is 0 Å². The molecule has 1 rings (SSSR count). The van der Waals surface area contributed by atoms with Gasteiger partial charge in [0, 0.05) is 6.04 Å². The minimum absolute atomic E-state index is 0.144. The molecule has 0 heterocycles. The normalized spacial score (nSPS) is 30.3. The molecule has 2 atom stereocenters. The summed E-state index contributed by atoms with van der Waals surface area (Å²) in [6.45, 7) is 0. The molecule has 0 radical (unpaired) electrons. The molecule has 0 amide bonds. The fourth-order valence-corrected chi connectivity index (χ4v) is 2.69. The maximum absolute atomic E-state index is 10.8. The van der Waals surface area contributed by atoms with E-state index in [0.717, 1.165) is 12.8 Å². The van der Waals surface area contributed by atoms with Crippen LogP contribution in [0.15, 0.2) is 0 Å². The van der Waals surface area contributed by atoms with Crippen molar-refractivity contribution in [3.05, 3.63) is 0 Å². The fraction of sp³-hybridized carbons (Fsp3) is 1.00. The van der Waals surface area contributed by atoms with Gasteiger partial charge in [-0.3, -0.25) is 15.4 Å². The summed E-state index contributed by atoms with van der Waals surface area (Å²) in [6.07, 6.45) is 2.84. The molecular formula is C7H16N2O3S. The van der Waals surface area contributed by atoms with E-state index in [1.54, 1.807) is 7.05 Å². The van der Waals surface area contributed by atoms with Gasteiger partial charge in [-0.05, 0) is 26.3 Å². The molecule has 6 heteroatoms. The number of hydrazine groups is 1. The van der Waals surface area contributed by atoms with Gasteiger partial charge >= 0.3 is 0 Å². The topological polar surface area (TPSA) is 78.4 Å². The molecule has 78 valence electrons. The molecule has 2 unspecified atom stereocenters. The van der Waals surface area contributed by atoms with Crippen LogP contribution in [0, 0.1) is 0 Å². The second-order valence-electron chi connectivity index (χ2n) is 3.39. The lowest BCUT2D eigenvalue weighted by atomic mass is 9.95. The fourth-order valence-electron chi connectivity index (χ4n) is 1.75. The highest BCUT2D eigenvalue weighted by Gasteiger charge is 2.29. The van der Waals surface area contributed by atoms with E-state index in [0.29, 0.717) is 12.8 Å². The summed E-state index contributed by atoms with van der Waals surface area (Å²) in [7, 11) is -2.10. The number of rotatable bonds is 3. The van der Waals surface area contributed by atoms with Gasteiger partial charge < -0.3 is 0 Å². The van der Waals surface area contributed by atoms with Crippen LogP contribution in [0.2, 0.25) is 0 Å². The molecule has 1 aliphatic rings. The smallest absolute Gasteiger partial charge is 0.267 e. The Morgan fingerprint density at radius 1 is 1.38 bits per heavy atom. The van der Waals surface area contributed by atoms with Gasteiger partial charge in [-0.2, -0.15) is 8.42 Å². The summed E-state index contributed by atoms with van der Waals surface area (Å²) >= 11 is 0.